The van der Waals surface area contributed by atoms with E-state index in [0.29, 0.717) is 30.2 Å². The Morgan fingerprint density at radius 2 is 2.00 bits per heavy atom. The quantitative estimate of drug-likeness (QED) is 0.650. The Balaban J connectivity index is 2.48. The lowest BCUT2D eigenvalue weighted by Crippen LogP contribution is -2.41. The fourth-order valence-electron chi connectivity index (χ4n) is 2.06. The molecule has 0 saturated heterocycles. The summed E-state index contributed by atoms with van der Waals surface area (Å²) in [6, 6.07) is 0. The highest BCUT2D eigenvalue weighted by Gasteiger charge is 2.48. The van der Waals surface area contributed by atoms with Gasteiger partial charge >= 0.3 is 0 Å². The molecule has 0 amide bonds. The van der Waals surface area contributed by atoms with Crippen LogP contribution in [0.2, 0.25) is 0 Å². The number of carbonyl (C=O) groups is 1. The third-order valence-electron chi connectivity index (χ3n) is 3.41. The van der Waals surface area contributed by atoms with Gasteiger partial charge in [-0.1, -0.05) is 20.8 Å². The second-order valence-electron chi connectivity index (χ2n) is 4.51. The van der Waals surface area contributed by atoms with Crippen molar-refractivity contribution in [2.24, 2.45) is 5.92 Å². The van der Waals surface area contributed by atoms with Crippen LogP contribution < -0.4 is 0 Å². The monoisotopic (exact) mass is 183 g/mol. The Kier molecular flexibility index (Phi) is 3.12. The van der Waals surface area contributed by atoms with Gasteiger partial charge in [0.25, 0.3) is 0 Å². The molecule has 0 aliphatic heterocycles. The van der Waals surface area contributed by atoms with E-state index in [2.05, 4.69) is 25.8 Å². The zero-order valence-electron chi connectivity index (χ0n) is 9.26. The molecule has 0 atom stereocenters. The molecule has 1 saturated carbocycles. The number of hydrogen-bond donors (Lipinski definition) is 0. The molecule has 0 bridgehead atoms. The predicted molar refractivity (Wildman–Crippen MR) is 54.7 cm³/mol. The van der Waals surface area contributed by atoms with Crippen molar-refractivity contribution < 1.29 is 4.79 Å². The molecule has 1 rings (SSSR count). The molecule has 0 radical (unpaired) electrons. The van der Waals surface area contributed by atoms with Gasteiger partial charge in [0.15, 0.2) is 0 Å². The van der Waals surface area contributed by atoms with Crippen LogP contribution in [0.1, 0.15) is 40.0 Å². The molecule has 0 aromatic carbocycles. The molecule has 1 aliphatic rings. The summed E-state index contributed by atoms with van der Waals surface area (Å²) in [5.41, 5.74) is 0.352. The molecule has 0 aromatic rings. The van der Waals surface area contributed by atoms with Gasteiger partial charge in [-0.3, -0.25) is 9.69 Å². The zero-order chi connectivity index (χ0) is 10.1. The highest BCUT2D eigenvalue weighted by Crippen LogP contribution is 2.46. The van der Waals surface area contributed by atoms with Crippen molar-refractivity contribution in [3.63, 3.8) is 0 Å². The van der Waals surface area contributed by atoms with Crippen LogP contribution in [-0.2, 0) is 4.79 Å². The van der Waals surface area contributed by atoms with E-state index in [4.69, 9.17) is 0 Å². The van der Waals surface area contributed by atoms with Crippen molar-refractivity contribution in [1.82, 2.24) is 4.90 Å². The normalized spacial score (nSPS) is 19.5. The first-order chi connectivity index (χ1) is 6.03. The number of carbonyl (C=O) groups excluding carboxylic acids is 1. The molecule has 0 unspecified atom stereocenters. The number of nitrogens with zero attached hydrogens (tertiary/aromatic N) is 1. The SMILES string of the molecule is CCC(=O)CN(C)C1(C(C)C)CC1. The van der Waals surface area contributed by atoms with Gasteiger partial charge in [-0.15, -0.1) is 0 Å². The maximum atomic E-state index is 11.3. The number of ketones is 1. The van der Waals surface area contributed by atoms with Crippen molar-refractivity contribution in [2.45, 2.75) is 45.6 Å². The summed E-state index contributed by atoms with van der Waals surface area (Å²) >= 11 is 0. The van der Waals surface area contributed by atoms with E-state index in [1.54, 1.807) is 0 Å². The van der Waals surface area contributed by atoms with Crippen molar-refractivity contribution >= 4 is 5.78 Å². The van der Waals surface area contributed by atoms with Gasteiger partial charge in [0.2, 0.25) is 0 Å². The number of rotatable bonds is 5. The van der Waals surface area contributed by atoms with Gasteiger partial charge in [-0.05, 0) is 25.8 Å². The number of likely N-dealkylation sites (N-methyl/N-ethyl adjacent to an activating group) is 1. The van der Waals surface area contributed by atoms with E-state index in [1.807, 2.05) is 6.92 Å². The van der Waals surface area contributed by atoms with Crippen LogP contribution >= 0.6 is 0 Å². The van der Waals surface area contributed by atoms with Gasteiger partial charge in [0.1, 0.15) is 5.78 Å². The van der Waals surface area contributed by atoms with Gasteiger partial charge in [-0.2, -0.15) is 0 Å². The van der Waals surface area contributed by atoms with Crippen LogP contribution in [0.4, 0.5) is 0 Å². The van der Waals surface area contributed by atoms with E-state index >= 15 is 0 Å². The molecule has 1 fully saturated rings. The number of hydrogen-bond acceptors (Lipinski definition) is 2. The topological polar surface area (TPSA) is 20.3 Å². The minimum absolute atomic E-state index is 0.352. The van der Waals surface area contributed by atoms with Crippen molar-refractivity contribution in [1.29, 1.82) is 0 Å². The zero-order valence-corrected chi connectivity index (χ0v) is 9.26. The van der Waals surface area contributed by atoms with E-state index in [0.717, 1.165) is 0 Å². The van der Waals surface area contributed by atoms with Crippen LogP contribution in [-0.4, -0.2) is 29.8 Å². The molecule has 0 spiro atoms. The molecular formula is C11H21NO. The van der Waals surface area contributed by atoms with Gasteiger partial charge in [-0.25, -0.2) is 0 Å². The molecule has 1 aliphatic carbocycles. The van der Waals surface area contributed by atoms with Crippen molar-refractivity contribution in [3.05, 3.63) is 0 Å². The Morgan fingerprint density at radius 3 is 2.31 bits per heavy atom. The molecule has 0 aromatic heterocycles. The molecule has 76 valence electrons. The Morgan fingerprint density at radius 1 is 1.46 bits per heavy atom. The third kappa shape index (κ3) is 2.11. The van der Waals surface area contributed by atoms with E-state index in [9.17, 15) is 4.79 Å². The van der Waals surface area contributed by atoms with Gasteiger partial charge in [0, 0.05) is 12.0 Å². The molecule has 13 heavy (non-hydrogen) atoms. The minimum Gasteiger partial charge on any atom is -0.298 e. The fraction of sp³-hybridized carbons (Fsp3) is 0.909. The summed E-state index contributed by atoms with van der Waals surface area (Å²) in [4.78, 5) is 13.5. The lowest BCUT2D eigenvalue weighted by molar-refractivity contribution is -0.120. The van der Waals surface area contributed by atoms with Crippen molar-refractivity contribution in [2.75, 3.05) is 13.6 Å². The second-order valence-corrected chi connectivity index (χ2v) is 4.51. The molecule has 2 nitrogen and oxygen atoms in total. The summed E-state index contributed by atoms with van der Waals surface area (Å²) in [6.45, 7) is 7.07. The van der Waals surface area contributed by atoms with Crippen LogP contribution in [0.15, 0.2) is 0 Å². The Hall–Kier alpha value is -0.370. The summed E-state index contributed by atoms with van der Waals surface area (Å²) in [5, 5.41) is 0. The second kappa shape index (κ2) is 3.79. The molecule has 2 heteroatoms. The van der Waals surface area contributed by atoms with Crippen LogP contribution in [0.25, 0.3) is 0 Å². The Bertz CT molecular complexity index is 194. The molecule has 0 heterocycles. The highest BCUT2D eigenvalue weighted by atomic mass is 16.1. The average molecular weight is 183 g/mol. The number of Topliss-reactive ketones (excluding diaryl/α,β-unsaturated/α-hetero) is 1. The summed E-state index contributed by atoms with van der Waals surface area (Å²) < 4.78 is 0. The van der Waals surface area contributed by atoms with Crippen LogP contribution in [0.5, 0.6) is 0 Å². The molecule has 0 N–H and O–H groups in total. The van der Waals surface area contributed by atoms with E-state index in [-0.39, 0.29) is 0 Å². The minimum atomic E-state index is 0.352. The third-order valence-corrected chi connectivity index (χ3v) is 3.41. The van der Waals surface area contributed by atoms with Crippen LogP contribution in [0.3, 0.4) is 0 Å². The summed E-state index contributed by atoms with van der Waals surface area (Å²) in [6.07, 6.45) is 3.19. The van der Waals surface area contributed by atoms with Gasteiger partial charge < -0.3 is 0 Å². The smallest absolute Gasteiger partial charge is 0.146 e. The maximum absolute atomic E-state index is 11.3. The lowest BCUT2D eigenvalue weighted by Gasteiger charge is -2.30. The first kappa shape index (κ1) is 10.7. The maximum Gasteiger partial charge on any atom is 0.146 e. The standard InChI is InChI=1S/C11H21NO/c1-5-10(13)8-12(4)11(6-7-11)9(2)3/h9H,5-8H2,1-4H3. The van der Waals surface area contributed by atoms with E-state index < -0.39 is 0 Å². The fourth-order valence-corrected chi connectivity index (χ4v) is 2.06. The lowest BCUT2D eigenvalue weighted by atomic mass is 10.00. The Labute approximate surface area is 81.3 Å². The first-order valence-electron chi connectivity index (χ1n) is 5.26. The first-order valence-corrected chi connectivity index (χ1v) is 5.26. The largest absolute Gasteiger partial charge is 0.298 e. The highest BCUT2D eigenvalue weighted by molar-refractivity contribution is 5.80. The average Bonchev–Trinajstić information content (AvgIpc) is 2.83. The molecular weight excluding hydrogens is 162 g/mol. The van der Waals surface area contributed by atoms with Gasteiger partial charge in [0.05, 0.1) is 6.54 Å². The summed E-state index contributed by atoms with van der Waals surface area (Å²) in [5.74, 6) is 1.02. The predicted octanol–water partition coefficient (Wildman–Crippen LogP) is 2.09. The van der Waals surface area contributed by atoms with Crippen LogP contribution in [0, 0.1) is 5.92 Å². The van der Waals surface area contributed by atoms with Crippen molar-refractivity contribution in [3.8, 4) is 0 Å². The van der Waals surface area contributed by atoms with E-state index in [1.165, 1.54) is 12.8 Å². The summed E-state index contributed by atoms with van der Waals surface area (Å²) in [7, 11) is 2.08.